The van der Waals surface area contributed by atoms with Crippen molar-refractivity contribution in [2.75, 3.05) is 19.6 Å². The van der Waals surface area contributed by atoms with E-state index in [-0.39, 0.29) is 0 Å². The molecule has 1 aliphatic rings. The Bertz CT molecular complexity index is 244. The normalized spacial score (nSPS) is 25.9. The molecule has 1 fully saturated rings. The number of nitrogens with zero attached hydrogens (tertiary/aromatic N) is 1. The van der Waals surface area contributed by atoms with E-state index in [0.717, 1.165) is 12.5 Å². The Labute approximate surface area is 121 Å². The van der Waals surface area contributed by atoms with E-state index in [1.165, 1.54) is 38.8 Å². The highest BCUT2D eigenvalue weighted by Gasteiger charge is 2.28. The van der Waals surface area contributed by atoms with Crippen LogP contribution in [0.2, 0.25) is 0 Å². The Balaban J connectivity index is 2.39. The van der Waals surface area contributed by atoms with Crippen molar-refractivity contribution in [3.8, 4) is 0 Å². The van der Waals surface area contributed by atoms with E-state index in [2.05, 4.69) is 51.8 Å². The van der Waals surface area contributed by atoms with Crippen LogP contribution in [0.25, 0.3) is 0 Å². The Morgan fingerprint density at radius 3 is 2.42 bits per heavy atom. The van der Waals surface area contributed by atoms with Crippen molar-refractivity contribution in [1.82, 2.24) is 10.2 Å². The van der Waals surface area contributed by atoms with Crippen LogP contribution in [-0.2, 0) is 0 Å². The Morgan fingerprint density at radius 1 is 1.16 bits per heavy atom. The molecule has 3 atom stereocenters. The summed E-state index contributed by atoms with van der Waals surface area (Å²) in [5, 5.41) is 3.65. The van der Waals surface area contributed by atoms with Gasteiger partial charge >= 0.3 is 0 Å². The minimum Gasteiger partial charge on any atom is -0.313 e. The molecule has 1 heterocycles. The largest absolute Gasteiger partial charge is 0.313 e. The first-order valence-corrected chi connectivity index (χ1v) is 8.32. The standard InChI is InChI=1S/C17H36N2/c1-7-14(2)18-13-15(3)19-11-8-9-16(10-12-19)17(4,5)6/h14-16,18H,7-13H2,1-6H3. The summed E-state index contributed by atoms with van der Waals surface area (Å²) < 4.78 is 0. The lowest BCUT2D eigenvalue weighted by atomic mass is 9.77. The highest BCUT2D eigenvalue weighted by atomic mass is 15.2. The number of nitrogens with one attached hydrogen (secondary N) is 1. The summed E-state index contributed by atoms with van der Waals surface area (Å²) in [5.74, 6) is 0.896. The lowest BCUT2D eigenvalue weighted by Crippen LogP contribution is -2.43. The van der Waals surface area contributed by atoms with E-state index < -0.39 is 0 Å². The minimum absolute atomic E-state index is 0.480. The number of likely N-dealkylation sites (tertiary alicyclic amines) is 1. The third kappa shape index (κ3) is 5.83. The van der Waals surface area contributed by atoms with E-state index in [1.807, 2.05) is 0 Å². The highest BCUT2D eigenvalue weighted by Crippen LogP contribution is 2.34. The van der Waals surface area contributed by atoms with Crippen LogP contribution in [0.4, 0.5) is 0 Å². The molecule has 0 amide bonds. The molecule has 2 nitrogen and oxygen atoms in total. The van der Waals surface area contributed by atoms with E-state index in [4.69, 9.17) is 0 Å². The van der Waals surface area contributed by atoms with Crippen molar-refractivity contribution in [2.24, 2.45) is 11.3 Å². The van der Waals surface area contributed by atoms with Gasteiger partial charge < -0.3 is 5.32 Å². The van der Waals surface area contributed by atoms with Crippen LogP contribution in [0.5, 0.6) is 0 Å². The molecule has 0 saturated carbocycles. The molecule has 0 radical (unpaired) electrons. The zero-order chi connectivity index (χ0) is 14.5. The SMILES string of the molecule is CCC(C)NCC(C)N1CCCC(C(C)(C)C)CC1. The maximum absolute atomic E-state index is 3.65. The van der Waals surface area contributed by atoms with Gasteiger partial charge in [0, 0.05) is 18.6 Å². The van der Waals surface area contributed by atoms with Crippen LogP contribution in [0.3, 0.4) is 0 Å². The predicted octanol–water partition coefficient (Wildman–Crippen LogP) is 3.91. The fourth-order valence-corrected chi connectivity index (χ4v) is 3.07. The molecule has 19 heavy (non-hydrogen) atoms. The van der Waals surface area contributed by atoms with Gasteiger partial charge in [0.05, 0.1) is 0 Å². The van der Waals surface area contributed by atoms with Crippen LogP contribution in [0.15, 0.2) is 0 Å². The summed E-state index contributed by atoms with van der Waals surface area (Å²) in [5.41, 5.74) is 0.480. The molecule has 0 bridgehead atoms. The molecular formula is C17H36N2. The molecule has 3 unspecified atom stereocenters. The maximum Gasteiger partial charge on any atom is 0.0192 e. The van der Waals surface area contributed by atoms with Gasteiger partial charge in [-0.05, 0) is 64.0 Å². The van der Waals surface area contributed by atoms with Crippen LogP contribution in [0.1, 0.15) is 67.2 Å². The summed E-state index contributed by atoms with van der Waals surface area (Å²) >= 11 is 0. The second kappa shape index (κ2) is 7.64. The molecule has 1 aliphatic heterocycles. The van der Waals surface area contributed by atoms with E-state index in [1.54, 1.807) is 0 Å². The van der Waals surface area contributed by atoms with Crippen molar-refractivity contribution in [3.63, 3.8) is 0 Å². The lowest BCUT2D eigenvalue weighted by molar-refractivity contribution is 0.185. The molecular weight excluding hydrogens is 232 g/mol. The van der Waals surface area contributed by atoms with Gasteiger partial charge in [-0.2, -0.15) is 0 Å². The zero-order valence-electron chi connectivity index (χ0n) is 14.1. The Kier molecular flexibility index (Phi) is 6.82. The summed E-state index contributed by atoms with van der Waals surface area (Å²) in [7, 11) is 0. The number of hydrogen-bond acceptors (Lipinski definition) is 2. The third-order valence-electron chi connectivity index (χ3n) is 4.98. The molecule has 0 aliphatic carbocycles. The molecule has 1 saturated heterocycles. The molecule has 0 aromatic heterocycles. The average Bonchev–Trinajstić information content (AvgIpc) is 2.60. The summed E-state index contributed by atoms with van der Waals surface area (Å²) in [6, 6.07) is 1.32. The van der Waals surface area contributed by atoms with Crippen molar-refractivity contribution in [1.29, 1.82) is 0 Å². The van der Waals surface area contributed by atoms with Gasteiger partial charge in [0.25, 0.3) is 0 Å². The fourth-order valence-electron chi connectivity index (χ4n) is 3.07. The third-order valence-corrected chi connectivity index (χ3v) is 4.98. The second-order valence-corrected chi connectivity index (χ2v) is 7.60. The number of hydrogen-bond donors (Lipinski definition) is 1. The van der Waals surface area contributed by atoms with Crippen molar-refractivity contribution >= 4 is 0 Å². The molecule has 1 N–H and O–H groups in total. The molecule has 0 aromatic rings. The molecule has 1 rings (SSSR count). The monoisotopic (exact) mass is 268 g/mol. The average molecular weight is 268 g/mol. The quantitative estimate of drug-likeness (QED) is 0.813. The maximum atomic E-state index is 3.65. The molecule has 0 aromatic carbocycles. The molecule has 0 spiro atoms. The van der Waals surface area contributed by atoms with E-state index in [0.29, 0.717) is 17.5 Å². The second-order valence-electron chi connectivity index (χ2n) is 7.60. The van der Waals surface area contributed by atoms with Crippen molar-refractivity contribution < 1.29 is 0 Å². The highest BCUT2D eigenvalue weighted by molar-refractivity contribution is 4.81. The van der Waals surface area contributed by atoms with Crippen LogP contribution >= 0.6 is 0 Å². The first-order valence-electron chi connectivity index (χ1n) is 8.32. The molecule has 114 valence electrons. The van der Waals surface area contributed by atoms with E-state index in [9.17, 15) is 0 Å². The fraction of sp³-hybridized carbons (Fsp3) is 1.00. The lowest BCUT2D eigenvalue weighted by Gasteiger charge is -2.31. The van der Waals surface area contributed by atoms with E-state index >= 15 is 0 Å². The first kappa shape index (κ1) is 17.0. The predicted molar refractivity (Wildman–Crippen MR) is 85.6 cm³/mol. The smallest absolute Gasteiger partial charge is 0.0192 e. The Morgan fingerprint density at radius 2 is 1.84 bits per heavy atom. The summed E-state index contributed by atoms with van der Waals surface area (Å²) in [6.07, 6.45) is 5.37. The minimum atomic E-state index is 0.480. The van der Waals surface area contributed by atoms with Gasteiger partial charge in [0.15, 0.2) is 0 Å². The first-order chi connectivity index (χ1) is 8.84. The van der Waals surface area contributed by atoms with Crippen LogP contribution in [0, 0.1) is 11.3 Å². The van der Waals surface area contributed by atoms with Crippen molar-refractivity contribution in [2.45, 2.75) is 79.3 Å². The van der Waals surface area contributed by atoms with Gasteiger partial charge in [-0.1, -0.05) is 27.7 Å². The van der Waals surface area contributed by atoms with Gasteiger partial charge in [-0.15, -0.1) is 0 Å². The topological polar surface area (TPSA) is 15.3 Å². The Hall–Kier alpha value is -0.0800. The molecule has 2 heteroatoms. The van der Waals surface area contributed by atoms with Gasteiger partial charge in [-0.3, -0.25) is 4.90 Å². The van der Waals surface area contributed by atoms with Gasteiger partial charge in [0.2, 0.25) is 0 Å². The number of rotatable bonds is 5. The van der Waals surface area contributed by atoms with Gasteiger partial charge in [-0.25, -0.2) is 0 Å². The summed E-state index contributed by atoms with van der Waals surface area (Å²) in [4.78, 5) is 2.70. The van der Waals surface area contributed by atoms with Crippen molar-refractivity contribution in [3.05, 3.63) is 0 Å². The summed E-state index contributed by atoms with van der Waals surface area (Å²) in [6.45, 7) is 17.8. The van der Waals surface area contributed by atoms with Crippen LogP contribution < -0.4 is 5.32 Å². The zero-order valence-corrected chi connectivity index (χ0v) is 14.1. The van der Waals surface area contributed by atoms with Crippen LogP contribution in [-0.4, -0.2) is 36.6 Å². The van der Waals surface area contributed by atoms with Gasteiger partial charge in [0.1, 0.15) is 0 Å².